The Bertz CT molecular complexity index is 519. The number of anilines is 1. The Morgan fingerprint density at radius 2 is 2.00 bits per heavy atom. The third kappa shape index (κ3) is 3.80. The lowest BCUT2D eigenvalue weighted by Gasteiger charge is -2.24. The number of benzene rings is 1. The number of carbonyl (C=O) groups is 1. The number of nitrogens with zero attached hydrogens (tertiary/aromatic N) is 1. The molecule has 0 fully saturated rings. The van der Waals surface area contributed by atoms with Gasteiger partial charge in [-0.15, -0.1) is 0 Å². The van der Waals surface area contributed by atoms with Crippen LogP contribution in [0.1, 0.15) is 39.5 Å². The Hall–Kier alpha value is -1.41. The maximum Gasteiger partial charge on any atom is 0.244 e. The molecule has 0 aliphatic rings. The summed E-state index contributed by atoms with van der Waals surface area (Å²) in [7, 11) is 0. The van der Waals surface area contributed by atoms with Gasteiger partial charge in [0.15, 0.2) is 0 Å². The lowest BCUT2D eigenvalue weighted by Crippen LogP contribution is -2.35. The van der Waals surface area contributed by atoms with Gasteiger partial charge in [0.05, 0.1) is 10.5 Å². The van der Waals surface area contributed by atoms with Crippen LogP contribution in [0.5, 0.6) is 0 Å². The Kier molecular flexibility index (Phi) is 6.15. The molecule has 1 N–H and O–H groups in total. The minimum Gasteiger partial charge on any atom is -0.325 e. The molecule has 0 bridgehead atoms. The molecule has 0 aromatic heterocycles. The van der Waals surface area contributed by atoms with Gasteiger partial charge in [-0.1, -0.05) is 26.7 Å². The average molecular weight is 341 g/mol. The molecule has 1 aromatic carbocycles. The van der Waals surface area contributed by atoms with Crippen molar-refractivity contribution in [3.8, 4) is 6.07 Å². The molecule has 0 saturated heterocycles. The molecule has 0 saturated carbocycles. The van der Waals surface area contributed by atoms with Crippen molar-refractivity contribution in [1.82, 2.24) is 0 Å². The van der Waals surface area contributed by atoms with Crippen LogP contribution in [0.2, 0.25) is 0 Å². The average Bonchev–Trinajstić information content (AvgIpc) is 2.42. The molecule has 0 heterocycles. The van der Waals surface area contributed by atoms with E-state index in [4.69, 9.17) is 0 Å². The summed E-state index contributed by atoms with van der Waals surface area (Å²) in [4.78, 5) is 12.4. The normalized spacial score (nSPS) is 10.9. The summed E-state index contributed by atoms with van der Waals surface area (Å²) in [5, 5.41) is 12.1. The Labute approximate surface area is 127 Å². The highest BCUT2D eigenvalue weighted by Gasteiger charge is 2.36. The summed E-state index contributed by atoms with van der Waals surface area (Å²) in [5.74, 6) is -0.709. The second kappa shape index (κ2) is 7.39. The van der Waals surface area contributed by atoms with Crippen LogP contribution < -0.4 is 5.32 Å². The first-order valence-corrected chi connectivity index (χ1v) is 7.46. The smallest absolute Gasteiger partial charge is 0.244 e. The standard InChI is InChI=1S/C15H18BrFN2O/c1-3-7-15(10-18,8-4-2)14(20)19-11-5-6-13(17)12(16)9-11/h5-6,9H,3-4,7-8H2,1-2H3,(H,19,20). The van der Waals surface area contributed by atoms with Crippen molar-refractivity contribution in [2.75, 3.05) is 5.32 Å². The topological polar surface area (TPSA) is 52.9 Å². The molecule has 3 nitrogen and oxygen atoms in total. The van der Waals surface area contributed by atoms with E-state index in [1.165, 1.54) is 18.2 Å². The van der Waals surface area contributed by atoms with Crippen molar-refractivity contribution in [2.45, 2.75) is 39.5 Å². The summed E-state index contributed by atoms with van der Waals surface area (Å²) in [6.07, 6.45) is 2.55. The van der Waals surface area contributed by atoms with Gasteiger partial charge in [0.25, 0.3) is 0 Å². The Balaban J connectivity index is 2.96. The first kappa shape index (κ1) is 16.6. The Morgan fingerprint density at radius 3 is 2.45 bits per heavy atom. The van der Waals surface area contributed by atoms with Crippen LogP contribution in [0.25, 0.3) is 0 Å². The van der Waals surface area contributed by atoms with Gasteiger partial charge in [0.2, 0.25) is 5.91 Å². The van der Waals surface area contributed by atoms with E-state index in [-0.39, 0.29) is 10.4 Å². The van der Waals surface area contributed by atoms with Crippen LogP contribution in [-0.2, 0) is 4.79 Å². The molecular weight excluding hydrogens is 323 g/mol. The van der Waals surface area contributed by atoms with Crippen LogP contribution in [0, 0.1) is 22.6 Å². The fraction of sp³-hybridized carbons (Fsp3) is 0.467. The highest BCUT2D eigenvalue weighted by molar-refractivity contribution is 9.10. The second-order valence-electron chi connectivity index (χ2n) is 4.78. The number of amides is 1. The van der Waals surface area contributed by atoms with Crippen LogP contribution in [0.4, 0.5) is 10.1 Å². The largest absolute Gasteiger partial charge is 0.325 e. The zero-order valence-corrected chi connectivity index (χ0v) is 13.3. The van der Waals surface area contributed by atoms with E-state index >= 15 is 0 Å². The SMILES string of the molecule is CCCC(C#N)(CCC)C(=O)Nc1ccc(F)c(Br)c1. The first-order chi connectivity index (χ1) is 9.49. The molecule has 0 spiro atoms. The predicted molar refractivity (Wildman–Crippen MR) is 80.6 cm³/mol. The van der Waals surface area contributed by atoms with Gasteiger partial charge in [0, 0.05) is 5.69 Å². The number of halogens is 2. The number of nitriles is 1. The van der Waals surface area contributed by atoms with Crippen molar-refractivity contribution >= 4 is 27.5 Å². The van der Waals surface area contributed by atoms with E-state index in [1.807, 2.05) is 13.8 Å². The lowest BCUT2D eigenvalue weighted by molar-refractivity contribution is -0.123. The molecule has 20 heavy (non-hydrogen) atoms. The van der Waals surface area contributed by atoms with Gasteiger partial charge in [-0.3, -0.25) is 4.79 Å². The van der Waals surface area contributed by atoms with Crippen molar-refractivity contribution in [1.29, 1.82) is 5.26 Å². The van der Waals surface area contributed by atoms with Crippen LogP contribution in [0.15, 0.2) is 22.7 Å². The third-order valence-electron chi connectivity index (χ3n) is 3.18. The summed E-state index contributed by atoms with van der Waals surface area (Å²) < 4.78 is 13.4. The van der Waals surface area contributed by atoms with Crippen molar-refractivity contribution in [3.63, 3.8) is 0 Å². The van der Waals surface area contributed by atoms with Crippen molar-refractivity contribution < 1.29 is 9.18 Å². The van der Waals surface area contributed by atoms with Crippen molar-refractivity contribution in [3.05, 3.63) is 28.5 Å². The number of rotatable bonds is 6. The first-order valence-electron chi connectivity index (χ1n) is 6.67. The highest BCUT2D eigenvalue weighted by Crippen LogP contribution is 2.31. The van der Waals surface area contributed by atoms with Gasteiger partial charge in [-0.25, -0.2) is 4.39 Å². The zero-order chi connectivity index (χ0) is 15.2. The Morgan fingerprint density at radius 1 is 1.40 bits per heavy atom. The van der Waals surface area contributed by atoms with Crippen molar-refractivity contribution in [2.24, 2.45) is 5.41 Å². The van der Waals surface area contributed by atoms with Gasteiger partial charge in [-0.2, -0.15) is 5.26 Å². The van der Waals surface area contributed by atoms with Crippen LogP contribution >= 0.6 is 15.9 Å². The number of hydrogen-bond donors (Lipinski definition) is 1. The fourth-order valence-electron chi connectivity index (χ4n) is 2.19. The summed E-state index contributed by atoms with van der Waals surface area (Å²) in [6.45, 7) is 3.90. The van der Waals surface area contributed by atoms with Crippen LogP contribution in [0.3, 0.4) is 0 Å². The molecular formula is C15H18BrFN2O. The van der Waals surface area contributed by atoms with Crippen LogP contribution in [-0.4, -0.2) is 5.91 Å². The van der Waals surface area contributed by atoms with E-state index in [0.717, 1.165) is 12.8 Å². The fourth-order valence-corrected chi connectivity index (χ4v) is 2.57. The van der Waals surface area contributed by atoms with Gasteiger partial charge < -0.3 is 5.32 Å². The van der Waals surface area contributed by atoms with E-state index in [9.17, 15) is 14.4 Å². The molecule has 5 heteroatoms. The summed E-state index contributed by atoms with van der Waals surface area (Å²) >= 11 is 3.07. The molecule has 108 valence electrons. The quantitative estimate of drug-likeness (QED) is 0.820. The number of carbonyl (C=O) groups excluding carboxylic acids is 1. The minimum absolute atomic E-state index is 0.281. The van der Waals surface area contributed by atoms with Gasteiger partial charge in [-0.05, 0) is 47.0 Å². The molecule has 0 aliphatic heterocycles. The summed E-state index contributed by atoms with van der Waals surface area (Å²) in [5.41, 5.74) is -0.528. The molecule has 1 amide bonds. The number of hydrogen-bond acceptors (Lipinski definition) is 2. The predicted octanol–water partition coefficient (Wildman–Crippen LogP) is 4.64. The molecule has 1 rings (SSSR count). The second-order valence-corrected chi connectivity index (χ2v) is 5.63. The molecule has 0 unspecified atom stereocenters. The molecule has 0 aliphatic carbocycles. The zero-order valence-electron chi connectivity index (χ0n) is 11.7. The highest BCUT2D eigenvalue weighted by atomic mass is 79.9. The molecule has 1 aromatic rings. The lowest BCUT2D eigenvalue weighted by atomic mass is 9.79. The minimum atomic E-state index is -1.01. The van der Waals surface area contributed by atoms with E-state index < -0.39 is 11.2 Å². The van der Waals surface area contributed by atoms with Gasteiger partial charge in [0.1, 0.15) is 11.2 Å². The number of nitrogens with one attached hydrogen (secondary N) is 1. The molecule has 0 radical (unpaired) electrons. The maximum absolute atomic E-state index is 13.2. The maximum atomic E-state index is 13.2. The van der Waals surface area contributed by atoms with E-state index in [2.05, 4.69) is 27.3 Å². The summed E-state index contributed by atoms with van der Waals surface area (Å²) in [6, 6.07) is 6.41. The third-order valence-corrected chi connectivity index (χ3v) is 3.79. The van der Waals surface area contributed by atoms with E-state index in [1.54, 1.807) is 0 Å². The van der Waals surface area contributed by atoms with Gasteiger partial charge >= 0.3 is 0 Å². The van der Waals surface area contributed by atoms with E-state index in [0.29, 0.717) is 18.5 Å². The molecule has 0 atom stereocenters. The monoisotopic (exact) mass is 340 g/mol.